The molecule has 1 aromatic carbocycles. The molecule has 0 saturated carbocycles. The van der Waals surface area contributed by atoms with Crippen molar-refractivity contribution < 1.29 is 18.6 Å². The first-order valence-electron chi connectivity index (χ1n) is 4.16. The molecule has 0 radical (unpaired) electrons. The fraction of sp³-hybridized carbons (Fsp3) is 0.200. The Bertz CT molecular complexity index is 343. The second-order valence-electron chi connectivity index (χ2n) is 2.72. The zero-order valence-electron chi connectivity index (χ0n) is 7.71. The van der Waals surface area contributed by atoms with Gasteiger partial charge in [0.25, 0.3) is 0 Å². The van der Waals surface area contributed by atoms with Crippen LogP contribution in [0.3, 0.4) is 0 Å². The van der Waals surface area contributed by atoms with E-state index in [0.717, 1.165) is 12.1 Å². The smallest absolute Gasteiger partial charge is 0.191 e. The van der Waals surface area contributed by atoms with Gasteiger partial charge in [-0.3, -0.25) is 0 Å². The molecule has 0 amide bonds. The second-order valence-corrected chi connectivity index (χ2v) is 2.97. The van der Waals surface area contributed by atoms with Crippen molar-refractivity contribution in [2.45, 2.75) is 6.61 Å². The van der Waals surface area contributed by atoms with Crippen LogP contribution in [0.5, 0.6) is 5.75 Å². The summed E-state index contributed by atoms with van der Waals surface area (Å²) in [5, 5.41) is 8.69. The molecule has 0 aliphatic heterocycles. The third-order valence-electron chi connectivity index (χ3n) is 1.65. The summed E-state index contributed by atoms with van der Waals surface area (Å²) in [7, 11) is 0. The molecule has 1 aromatic rings. The Morgan fingerprint density at radius 2 is 1.93 bits per heavy atom. The summed E-state index contributed by atoms with van der Waals surface area (Å²) < 4.78 is 31.2. The van der Waals surface area contributed by atoms with Crippen molar-refractivity contribution in [1.82, 2.24) is 0 Å². The predicted octanol–water partition coefficient (Wildman–Crippen LogP) is 2.59. The number of halogens is 3. The molecule has 1 N–H and O–H groups in total. The normalized spacial score (nSPS) is 10.9. The first-order valence-corrected chi connectivity index (χ1v) is 4.59. The highest BCUT2D eigenvalue weighted by atomic mass is 35.5. The van der Waals surface area contributed by atoms with Gasteiger partial charge < -0.3 is 9.84 Å². The molecule has 0 spiro atoms. The second kappa shape index (κ2) is 5.68. The molecule has 2 nitrogen and oxygen atoms in total. The van der Waals surface area contributed by atoms with Crippen molar-refractivity contribution in [1.29, 1.82) is 0 Å². The van der Waals surface area contributed by atoms with E-state index in [-0.39, 0.29) is 12.2 Å². The molecule has 0 saturated heterocycles. The third-order valence-corrected chi connectivity index (χ3v) is 1.83. The molecule has 82 valence electrons. The van der Waals surface area contributed by atoms with Crippen LogP contribution in [-0.2, 0) is 6.61 Å². The molecule has 0 unspecified atom stereocenters. The predicted molar refractivity (Wildman–Crippen MR) is 52.8 cm³/mol. The van der Waals surface area contributed by atoms with Crippen LogP contribution in [0.25, 0.3) is 0 Å². The number of hydrogen-bond acceptors (Lipinski definition) is 2. The molecule has 1 rings (SSSR count). The number of hydrogen-bond donors (Lipinski definition) is 1. The van der Waals surface area contributed by atoms with Crippen LogP contribution in [0.2, 0.25) is 0 Å². The van der Waals surface area contributed by atoms with Crippen molar-refractivity contribution in [3.05, 3.63) is 40.9 Å². The van der Waals surface area contributed by atoms with Crippen molar-refractivity contribution >= 4 is 11.6 Å². The summed E-state index contributed by atoms with van der Waals surface area (Å²) in [6, 6.07) is 2.03. The summed E-state index contributed by atoms with van der Waals surface area (Å²) >= 11 is 5.21. The zero-order valence-corrected chi connectivity index (χ0v) is 8.47. The quantitative estimate of drug-likeness (QED) is 0.868. The molecule has 0 heterocycles. The standard InChI is InChI=1S/C10H9ClF2O2/c11-2-1-3-15-10-8(12)4-7(6-14)5-9(10)13/h1-2,4-5,14H,3,6H2. The van der Waals surface area contributed by atoms with E-state index in [4.69, 9.17) is 21.4 Å². The van der Waals surface area contributed by atoms with E-state index < -0.39 is 24.0 Å². The van der Waals surface area contributed by atoms with Gasteiger partial charge in [-0.25, -0.2) is 8.78 Å². The SMILES string of the molecule is OCc1cc(F)c(OCC=CCl)c(F)c1. The Hall–Kier alpha value is -1.13. The van der Waals surface area contributed by atoms with Gasteiger partial charge in [-0.2, -0.15) is 0 Å². The van der Waals surface area contributed by atoms with Gasteiger partial charge >= 0.3 is 0 Å². The zero-order chi connectivity index (χ0) is 11.3. The van der Waals surface area contributed by atoms with Gasteiger partial charge in [0, 0.05) is 5.54 Å². The molecule has 15 heavy (non-hydrogen) atoms. The van der Waals surface area contributed by atoms with E-state index in [9.17, 15) is 8.78 Å². The average molecular weight is 235 g/mol. The van der Waals surface area contributed by atoms with Gasteiger partial charge in [-0.05, 0) is 23.8 Å². The number of benzene rings is 1. The lowest BCUT2D eigenvalue weighted by atomic mass is 10.2. The minimum absolute atomic E-state index is 0.0180. The van der Waals surface area contributed by atoms with Crippen LogP contribution in [0.1, 0.15) is 5.56 Å². The molecule has 5 heteroatoms. The maximum absolute atomic E-state index is 13.2. The monoisotopic (exact) mass is 234 g/mol. The lowest BCUT2D eigenvalue weighted by Crippen LogP contribution is -2.00. The maximum Gasteiger partial charge on any atom is 0.191 e. The van der Waals surface area contributed by atoms with Crippen LogP contribution < -0.4 is 4.74 Å². The van der Waals surface area contributed by atoms with Crippen LogP contribution in [0.15, 0.2) is 23.7 Å². The van der Waals surface area contributed by atoms with Crippen molar-refractivity contribution in [2.24, 2.45) is 0 Å². The number of aliphatic hydroxyl groups excluding tert-OH is 1. The minimum atomic E-state index is -0.845. The summed E-state index contributed by atoms with van der Waals surface area (Å²) in [6.07, 6.45) is 1.40. The van der Waals surface area contributed by atoms with E-state index in [0.29, 0.717) is 0 Å². The van der Waals surface area contributed by atoms with Gasteiger partial charge in [0.05, 0.1) is 6.61 Å². The molecular weight excluding hydrogens is 226 g/mol. The average Bonchev–Trinajstić information content (AvgIpc) is 2.22. The van der Waals surface area contributed by atoms with Gasteiger partial charge in [0.2, 0.25) is 0 Å². The van der Waals surface area contributed by atoms with Crippen molar-refractivity contribution in [3.63, 3.8) is 0 Å². The lowest BCUT2D eigenvalue weighted by Gasteiger charge is -2.07. The van der Waals surface area contributed by atoms with Crippen LogP contribution >= 0.6 is 11.6 Å². The molecule has 0 aliphatic carbocycles. The molecule has 0 fully saturated rings. The molecule has 0 aliphatic rings. The summed E-state index contributed by atoms with van der Waals surface area (Å²) in [5.74, 6) is -2.16. The minimum Gasteiger partial charge on any atom is -0.483 e. The van der Waals surface area contributed by atoms with Gasteiger partial charge in [-0.15, -0.1) is 0 Å². The number of rotatable bonds is 4. The highest BCUT2D eigenvalue weighted by Gasteiger charge is 2.11. The molecule has 0 atom stereocenters. The summed E-state index contributed by atoms with van der Waals surface area (Å²) in [5.41, 5.74) is 1.35. The number of ether oxygens (including phenoxy) is 1. The Morgan fingerprint density at radius 1 is 1.33 bits per heavy atom. The highest BCUT2D eigenvalue weighted by Crippen LogP contribution is 2.23. The lowest BCUT2D eigenvalue weighted by molar-refractivity contribution is 0.277. The maximum atomic E-state index is 13.2. The first kappa shape index (κ1) is 11.9. The van der Waals surface area contributed by atoms with Crippen LogP contribution in [-0.4, -0.2) is 11.7 Å². The Kier molecular flexibility index (Phi) is 4.52. The van der Waals surface area contributed by atoms with E-state index in [1.807, 2.05) is 0 Å². The molecule has 0 aromatic heterocycles. The van der Waals surface area contributed by atoms with Gasteiger partial charge in [0.15, 0.2) is 17.4 Å². The van der Waals surface area contributed by atoms with Crippen molar-refractivity contribution in [2.75, 3.05) is 6.61 Å². The summed E-state index contributed by atoms with van der Waals surface area (Å²) in [4.78, 5) is 0. The highest BCUT2D eigenvalue weighted by molar-refractivity contribution is 6.25. The van der Waals surface area contributed by atoms with Crippen LogP contribution in [0.4, 0.5) is 8.78 Å². The fourth-order valence-corrected chi connectivity index (χ4v) is 1.08. The number of aliphatic hydroxyl groups is 1. The van der Waals surface area contributed by atoms with Gasteiger partial charge in [0.1, 0.15) is 6.61 Å². The van der Waals surface area contributed by atoms with E-state index in [1.54, 1.807) is 0 Å². The Balaban J connectivity index is 2.88. The molecule has 0 bridgehead atoms. The van der Waals surface area contributed by atoms with Crippen LogP contribution in [0, 0.1) is 11.6 Å². The topological polar surface area (TPSA) is 29.5 Å². The largest absolute Gasteiger partial charge is 0.483 e. The van der Waals surface area contributed by atoms with Gasteiger partial charge in [-0.1, -0.05) is 11.6 Å². The van der Waals surface area contributed by atoms with E-state index in [1.165, 1.54) is 11.6 Å². The van der Waals surface area contributed by atoms with Crippen molar-refractivity contribution in [3.8, 4) is 5.75 Å². The Labute approximate surface area is 90.7 Å². The Morgan fingerprint density at radius 3 is 2.40 bits per heavy atom. The molecular formula is C10H9ClF2O2. The van der Waals surface area contributed by atoms with E-state index in [2.05, 4.69) is 0 Å². The third kappa shape index (κ3) is 3.18. The van der Waals surface area contributed by atoms with E-state index >= 15 is 0 Å². The fourth-order valence-electron chi connectivity index (χ4n) is 1.01. The first-order chi connectivity index (χ1) is 7.19. The summed E-state index contributed by atoms with van der Waals surface area (Å²) in [6.45, 7) is -0.439.